The molecule has 188 valence electrons. The van der Waals surface area contributed by atoms with Gasteiger partial charge in [-0.25, -0.2) is 4.79 Å². The summed E-state index contributed by atoms with van der Waals surface area (Å²) in [5.41, 5.74) is 0.925. The Labute approximate surface area is 199 Å². The molecule has 0 saturated carbocycles. The zero-order valence-electron chi connectivity index (χ0n) is 22.4. The van der Waals surface area contributed by atoms with Gasteiger partial charge in [0.25, 0.3) is 0 Å². The van der Waals surface area contributed by atoms with Crippen LogP contribution in [-0.4, -0.2) is 73.2 Å². The molecule has 1 saturated heterocycles. The molecule has 0 bridgehead atoms. The number of likely N-dealkylation sites (N-methyl/N-ethyl adjacent to an activating group) is 1. The Morgan fingerprint density at radius 3 is 1.84 bits per heavy atom. The molecule has 0 atom stereocenters. The lowest BCUT2D eigenvalue weighted by atomic mass is 9.79. The first-order chi connectivity index (χ1) is 14.9. The Balaban J connectivity index is 1.97. The van der Waals surface area contributed by atoms with E-state index in [0.717, 1.165) is 13.1 Å². The van der Waals surface area contributed by atoms with Gasteiger partial charge in [0.1, 0.15) is 6.61 Å². The Bertz CT molecular complexity index is 543. The minimum atomic E-state index is -0.288. The van der Waals surface area contributed by atoms with Crippen molar-refractivity contribution in [3.05, 3.63) is 12.2 Å². The lowest BCUT2D eigenvalue weighted by Crippen LogP contribution is -2.61. The van der Waals surface area contributed by atoms with Crippen molar-refractivity contribution in [3.63, 3.8) is 0 Å². The number of unbranched alkanes of at least 4 members (excludes halogenated alkanes) is 7. The number of carbonyl (C=O) groups is 1. The number of piperidine rings is 1. The molecular formula is C27H53N3O2. The summed E-state index contributed by atoms with van der Waals surface area (Å²) in [6.07, 6.45) is 13.1. The molecule has 0 aliphatic carbocycles. The number of ether oxygens (including phenoxy) is 1. The van der Waals surface area contributed by atoms with E-state index < -0.39 is 0 Å². The van der Waals surface area contributed by atoms with Gasteiger partial charge in [-0.15, -0.1) is 0 Å². The van der Waals surface area contributed by atoms with Crippen molar-refractivity contribution in [1.29, 1.82) is 0 Å². The summed E-state index contributed by atoms with van der Waals surface area (Å²) in [4.78, 5) is 16.2. The fraction of sp³-hybridized carbons (Fsp3) is 0.889. The first kappa shape index (κ1) is 29.1. The van der Waals surface area contributed by atoms with E-state index in [1.807, 2.05) is 0 Å². The Morgan fingerprint density at radius 1 is 0.875 bits per heavy atom. The molecule has 1 rings (SSSR count). The molecule has 0 amide bonds. The van der Waals surface area contributed by atoms with Crippen molar-refractivity contribution in [2.75, 3.05) is 40.3 Å². The van der Waals surface area contributed by atoms with Crippen molar-refractivity contribution in [3.8, 4) is 0 Å². The van der Waals surface area contributed by atoms with E-state index in [9.17, 15) is 4.79 Å². The van der Waals surface area contributed by atoms with E-state index in [4.69, 9.17) is 4.74 Å². The number of rotatable bonds is 16. The van der Waals surface area contributed by atoms with Crippen LogP contribution in [0.1, 0.15) is 98.8 Å². The zero-order chi connectivity index (χ0) is 24.2. The predicted molar refractivity (Wildman–Crippen MR) is 137 cm³/mol. The summed E-state index contributed by atoms with van der Waals surface area (Å²) in [5, 5.41) is 3.79. The second-order valence-corrected chi connectivity index (χ2v) is 11.5. The lowest BCUT2D eigenvalue weighted by molar-refractivity contribution is -0.139. The molecule has 32 heavy (non-hydrogen) atoms. The van der Waals surface area contributed by atoms with Gasteiger partial charge in [0.15, 0.2) is 0 Å². The van der Waals surface area contributed by atoms with Crippen LogP contribution in [0.25, 0.3) is 0 Å². The number of nitrogens with zero attached hydrogens (tertiary/aromatic N) is 2. The van der Waals surface area contributed by atoms with Crippen molar-refractivity contribution >= 4 is 5.97 Å². The highest BCUT2D eigenvalue weighted by Crippen LogP contribution is 2.31. The minimum Gasteiger partial charge on any atom is -0.461 e. The summed E-state index contributed by atoms with van der Waals surface area (Å²) in [7, 11) is 4.42. The van der Waals surface area contributed by atoms with E-state index in [2.05, 4.69) is 63.5 Å². The number of hydrogen-bond donors (Lipinski definition) is 1. The third-order valence-corrected chi connectivity index (χ3v) is 6.65. The fourth-order valence-corrected chi connectivity index (χ4v) is 5.10. The molecule has 5 nitrogen and oxygen atoms in total. The summed E-state index contributed by atoms with van der Waals surface area (Å²) in [5.74, 6) is -0.288. The molecule has 0 radical (unpaired) electrons. The monoisotopic (exact) mass is 451 g/mol. The third kappa shape index (κ3) is 13.0. The van der Waals surface area contributed by atoms with E-state index in [-0.39, 0.29) is 17.0 Å². The Hall–Kier alpha value is -0.910. The van der Waals surface area contributed by atoms with Crippen molar-refractivity contribution < 1.29 is 9.53 Å². The molecule has 0 spiro atoms. The standard InChI is InChI=1S/C27H53N3O2/c1-23(2)25(31)32-20-19-29(7)17-15-13-11-9-10-12-14-16-18-30(8)24-21-26(3,4)28-27(5,6)22-24/h24,28H,1,9-22H2,2-8H3. The Morgan fingerprint density at radius 2 is 1.34 bits per heavy atom. The van der Waals surface area contributed by atoms with Crippen LogP contribution in [0.5, 0.6) is 0 Å². The quantitative estimate of drug-likeness (QED) is 0.193. The van der Waals surface area contributed by atoms with Crippen LogP contribution in [0.15, 0.2) is 12.2 Å². The largest absolute Gasteiger partial charge is 0.461 e. The number of hydrogen-bond acceptors (Lipinski definition) is 5. The highest BCUT2D eigenvalue weighted by Gasteiger charge is 2.38. The van der Waals surface area contributed by atoms with Crippen LogP contribution >= 0.6 is 0 Å². The summed E-state index contributed by atoms with van der Waals surface area (Å²) in [6, 6.07) is 0.692. The lowest BCUT2D eigenvalue weighted by Gasteiger charge is -2.49. The normalized spacial score (nSPS) is 18.3. The van der Waals surface area contributed by atoms with Crippen LogP contribution in [0.4, 0.5) is 0 Å². The molecule has 1 heterocycles. The van der Waals surface area contributed by atoms with E-state index >= 15 is 0 Å². The molecule has 0 aromatic heterocycles. The second kappa shape index (κ2) is 14.4. The average Bonchev–Trinajstić information content (AvgIpc) is 2.66. The van der Waals surface area contributed by atoms with Gasteiger partial charge < -0.3 is 19.9 Å². The van der Waals surface area contributed by atoms with Gasteiger partial charge in [-0.3, -0.25) is 0 Å². The van der Waals surface area contributed by atoms with Crippen molar-refractivity contribution in [1.82, 2.24) is 15.1 Å². The van der Waals surface area contributed by atoms with Gasteiger partial charge in [-0.05, 0) is 87.5 Å². The van der Waals surface area contributed by atoms with Crippen molar-refractivity contribution in [2.24, 2.45) is 0 Å². The van der Waals surface area contributed by atoms with Crippen LogP contribution in [0.2, 0.25) is 0 Å². The highest BCUT2D eigenvalue weighted by molar-refractivity contribution is 5.86. The van der Waals surface area contributed by atoms with E-state index in [1.165, 1.54) is 70.8 Å². The van der Waals surface area contributed by atoms with E-state index in [0.29, 0.717) is 18.2 Å². The first-order valence-electron chi connectivity index (χ1n) is 12.9. The molecular weight excluding hydrogens is 398 g/mol. The zero-order valence-corrected chi connectivity index (χ0v) is 22.4. The smallest absolute Gasteiger partial charge is 0.333 e. The molecule has 0 unspecified atom stereocenters. The SMILES string of the molecule is C=C(C)C(=O)OCCN(C)CCCCCCCCCCN(C)C1CC(C)(C)NC(C)(C)C1. The van der Waals surface area contributed by atoms with Gasteiger partial charge in [0, 0.05) is 29.2 Å². The molecule has 1 aliphatic heterocycles. The van der Waals surface area contributed by atoms with Gasteiger partial charge >= 0.3 is 5.97 Å². The van der Waals surface area contributed by atoms with Crippen LogP contribution in [-0.2, 0) is 9.53 Å². The first-order valence-corrected chi connectivity index (χ1v) is 12.9. The van der Waals surface area contributed by atoms with Crippen LogP contribution < -0.4 is 5.32 Å². The molecule has 0 aromatic rings. The molecule has 1 aliphatic rings. The fourth-order valence-electron chi connectivity index (χ4n) is 5.10. The van der Waals surface area contributed by atoms with E-state index in [1.54, 1.807) is 6.92 Å². The van der Waals surface area contributed by atoms with Crippen LogP contribution in [0, 0.1) is 0 Å². The van der Waals surface area contributed by atoms with Crippen LogP contribution in [0.3, 0.4) is 0 Å². The molecule has 1 fully saturated rings. The third-order valence-electron chi connectivity index (χ3n) is 6.65. The molecule has 1 N–H and O–H groups in total. The second-order valence-electron chi connectivity index (χ2n) is 11.5. The Kier molecular flexibility index (Phi) is 13.1. The minimum absolute atomic E-state index is 0.229. The van der Waals surface area contributed by atoms with Crippen molar-refractivity contribution in [2.45, 2.75) is 116 Å². The maximum Gasteiger partial charge on any atom is 0.333 e. The summed E-state index contributed by atoms with van der Waals surface area (Å²) < 4.78 is 5.15. The average molecular weight is 452 g/mol. The molecule has 5 heteroatoms. The maximum atomic E-state index is 11.4. The van der Waals surface area contributed by atoms with Gasteiger partial charge in [-0.1, -0.05) is 45.1 Å². The number of nitrogens with one attached hydrogen (secondary N) is 1. The number of esters is 1. The van der Waals surface area contributed by atoms with Gasteiger partial charge in [0.2, 0.25) is 0 Å². The maximum absolute atomic E-state index is 11.4. The summed E-state index contributed by atoms with van der Waals surface area (Å²) >= 11 is 0. The van der Waals surface area contributed by atoms with Gasteiger partial charge in [-0.2, -0.15) is 0 Å². The van der Waals surface area contributed by atoms with Gasteiger partial charge in [0.05, 0.1) is 0 Å². The highest BCUT2D eigenvalue weighted by atomic mass is 16.5. The topological polar surface area (TPSA) is 44.8 Å². The predicted octanol–water partition coefficient (Wildman–Crippen LogP) is 5.40. The molecule has 0 aromatic carbocycles. The number of carbonyl (C=O) groups excluding carboxylic acids is 1. The summed E-state index contributed by atoms with van der Waals surface area (Å²) in [6.45, 7) is 18.2.